The maximum Gasteiger partial charge on any atom is 0.170 e. The molecule has 0 saturated heterocycles. The SMILES string of the molecule is CC(C)(C)C#Cc1cnc(C=O)cn1. The van der Waals surface area contributed by atoms with E-state index in [1.165, 1.54) is 12.4 Å². The number of hydrogen-bond acceptors (Lipinski definition) is 3. The van der Waals surface area contributed by atoms with Crippen LogP contribution in [-0.4, -0.2) is 16.3 Å². The minimum absolute atomic E-state index is 0.0506. The first-order valence-electron chi connectivity index (χ1n) is 4.32. The Kier molecular flexibility index (Phi) is 2.98. The summed E-state index contributed by atoms with van der Waals surface area (Å²) in [6.45, 7) is 6.06. The minimum Gasteiger partial charge on any atom is -0.296 e. The molecule has 0 bridgehead atoms. The summed E-state index contributed by atoms with van der Waals surface area (Å²) in [4.78, 5) is 18.1. The van der Waals surface area contributed by atoms with Gasteiger partial charge in [-0.05, 0) is 26.7 Å². The van der Waals surface area contributed by atoms with Crippen LogP contribution in [0.1, 0.15) is 37.0 Å². The van der Waals surface area contributed by atoms with Gasteiger partial charge in [0.15, 0.2) is 6.29 Å². The first kappa shape index (κ1) is 10.4. The second-order valence-electron chi connectivity index (χ2n) is 3.94. The van der Waals surface area contributed by atoms with E-state index in [1.54, 1.807) is 0 Å². The van der Waals surface area contributed by atoms with Gasteiger partial charge < -0.3 is 0 Å². The Morgan fingerprint density at radius 2 is 2.00 bits per heavy atom. The van der Waals surface area contributed by atoms with Gasteiger partial charge in [0.1, 0.15) is 11.4 Å². The molecule has 0 aliphatic carbocycles. The number of aromatic nitrogens is 2. The Labute approximate surface area is 83.6 Å². The molecule has 0 N–H and O–H groups in total. The van der Waals surface area contributed by atoms with E-state index in [2.05, 4.69) is 21.8 Å². The number of rotatable bonds is 1. The van der Waals surface area contributed by atoms with Gasteiger partial charge in [-0.1, -0.05) is 5.92 Å². The van der Waals surface area contributed by atoms with Crippen LogP contribution in [0.25, 0.3) is 0 Å². The quantitative estimate of drug-likeness (QED) is 0.497. The van der Waals surface area contributed by atoms with Crippen molar-refractivity contribution in [3.8, 4) is 11.8 Å². The lowest BCUT2D eigenvalue weighted by Gasteiger charge is -2.06. The van der Waals surface area contributed by atoms with Crippen LogP contribution >= 0.6 is 0 Å². The molecule has 0 aromatic carbocycles. The molecule has 3 heteroatoms. The van der Waals surface area contributed by atoms with Crippen LogP contribution in [0, 0.1) is 17.3 Å². The van der Waals surface area contributed by atoms with Crippen LogP contribution in [0.3, 0.4) is 0 Å². The van der Waals surface area contributed by atoms with Crippen LogP contribution < -0.4 is 0 Å². The zero-order valence-corrected chi connectivity index (χ0v) is 8.53. The van der Waals surface area contributed by atoms with Crippen molar-refractivity contribution in [1.82, 2.24) is 9.97 Å². The summed E-state index contributed by atoms with van der Waals surface area (Å²) < 4.78 is 0. The molecule has 0 amide bonds. The number of carbonyl (C=O) groups excluding carboxylic acids is 1. The number of aldehydes is 1. The molecule has 0 unspecified atom stereocenters. The van der Waals surface area contributed by atoms with Crippen molar-refractivity contribution >= 4 is 6.29 Å². The van der Waals surface area contributed by atoms with Crippen LogP contribution in [0.4, 0.5) is 0 Å². The molecule has 1 aromatic heterocycles. The molecular formula is C11H12N2O. The first-order valence-corrected chi connectivity index (χ1v) is 4.32. The maximum absolute atomic E-state index is 10.3. The summed E-state index contributed by atoms with van der Waals surface area (Å²) in [7, 11) is 0. The van der Waals surface area contributed by atoms with E-state index in [4.69, 9.17) is 0 Å². The third kappa shape index (κ3) is 3.36. The highest BCUT2D eigenvalue weighted by Gasteiger charge is 2.03. The van der Waals surface area contributed by atoms with E-state index in [-0.39, 0.29) is 5.41 Å². The molecule has 0 aliphatic heterocycles. The Balaban J connectivity index is 2.87. The fraction of sp³-hybridized carbons (Fsp3) is 0.364. The lowest BCUT2D eigenvalue weighted by molar-refractivity contribution is 0.111. The molecule has 0 spiro atoms. The second kappa shape index (κ2) is 4.01. The molecule has 3 nitrogen and oxygen atoms in total. The van der Waals surface area contributed by atoms with Crippen molar-refractivity contribution < 1.29 is 4.79 Å². The standard InChI is InChI=1S/C11H12N2O/c1-11(2,3)5-4-9-6-13-10(8-14)7-12-9/h6-8H,1-3H3. The van der Waals surface area contributed by atoms with Gasteiger partial charge in [-0.3, -0.25) is 4.79 Å². The lowest BCUT2D eigenvalue weighted by Crippen LogP contribution is -2.00. The minimum atomic E-state index is -0.0506. The maximum atomic E-state index is 10.3. The third-order valence-electron chi connectivity index (χ3n) is 1.36. The average Bonchev–Trinajstić information content (AvgIpc) is 2.14. The molecule has 0 atom stereocenters. The summed E-state index contributed by atoms with van der Waals surface area (Å²) in [6, 6.07) is 0. The largest absolute Gasteiger partial charge is 0.296 e. The van der Waals surface area contributed by atoms with E-state index < -0.39 is 0 Å². The van der Waals surface area contributed by atoms with Crippen molar-refractivity contribution in [3.05, 3.63) is 23.8 Å². The van der Waals surface area contributed by atoms with Gasteiger partial charge in [0, 0.05) is 5.41 Å². The smallest absolute Gasteiger partial charge is 0.170 e. The molecule has 14 heavy (non-hydrogen) atoms. The predicted octanol–water partition coefficient (Wildman–Crippen LogP) is 1.69. The first-order chi connectivity index (χ1) is 6.51. The molecule has 0 fully saturated rings. The van der Waals surface area contributed by atoms with Gasteiger partial charge >= 0.3 is 0 Å². The molecule has 72 valence electrons. The molecule has 0 aliphatic rings. The summed E-state index contributed by atoms with van der Waals surface area (Å²) in [5.41, 5.74) is 0.863. The Hall–Kier alpha value is -1.69. The number of carbonyl (C=O) groups is 1. The topological polar surface area (TPSA) is 42.9 Å². The Morgan fingerprint density at radius 1 is 1.29 bits per heavy atom. The molecule has 1 aromatic rings. The van der Waals surface area contributed by atoms with E-state index >= 15 is 0 Å². The van der Waals surface area contributed by atoms with Gasteiger partial charge in [-0.15, -0.1) is 0 Å². The zero-order chi connectivity index (χ0) is 10.6. The fourth-order valence-corrected chi connectivity index (χ4v) is 0.715. The molecule has 0 saturated carbocycles. The van der Waals surface area contributed by atoms with E-state index in [0.717, 1.165) is 0 Å². The van der Waals surface area contributed by atoms with E-state index in [9.17, 15) is 4.79 Å². The normalized spacial score (nSPS) is 10.2. The molecule has 1 heterocycles. The van der Waals surface area contributed by atoms with Gasteiger partial charge in [-0.25, -0.2) is 9.97 Å². The van der Waals surface area contributed by atoms with Gasteiger partial charge in [0.2, 0.25) is 0 Å². The van der Waals surface area contributed by atoms with Crippen molar-refractivity contribution in [2.45, 2.75) is 20.8 Å². The lowest BCUT2D eigenvalue weighted by atomic mass is 9.98. The van der Waals surface area contributed by atoms with Crippen LogP contribution in [0.5, 0.6) is 0 Å². The second-order valence-corrected chi connectivity index (χ2v) is 3.94. The summed E-state index contributed by atoms with van der Waals surface area (Å²) in [5.74, 6) is 5.93. The van der Waals surface area contributed by atoms with Gasteiger partial charge in [0.25, 0.3) is 0 Å². The highest BCUT2D eigenvalue weighted by molar-refractivity contribution is 5.70. The zero-order valence-electron chi connectivity index (χ0n) is 8.53. The molecule has 0 radical (unpaired) electrons. The Bertz CT molecular complexity index is 376. The summed E-state index contributed by atoms with van der Waals surface area (Å²) in [6.07, 6.45) is 3.58. The van der Waals surface area contributed by atoms with Crippen LogP contribution in [-0.2, 0) is 0 Å². The predicted molar refractivity (Wildman–Crippen MR) is 53.8 cm³/mol. The molecule has 1 rings (SSSR count). The van der Waals surface area contributed by atoms with Crippen molar-refractivity contribution in [2.24, 2.45) is 5.41 Å². The fourth-order valence-electron chi connectivity index (χ4n) is 0.715. The van der Waals surface area contributed by atoms with Crippen molar-refractivity contribution in [2.75, 3.05) is 0 Å². The number of hydrogen-bond donors (Lipinski definition) is 0. The Morgan fingerprint density at radius 3 is 2.43 bits per heavy atom. The van der Waals surface area contributed by atoms with Crippen molar-refractivity contribution in [1.29, 1.82) is 0 Å². The summed E-state index contributed by atoms with van der Waals surface area (Å²) >= 11 is 0. The molecular weight excluding hydrogens is 176 g/mol. The highest BCUT2D eigenvalue weighted by Crippen LogP contribution is 2.10. The van der Waals surface area contributed by atoms with Crippen LogP contribution in [0.2, 0.25) is 0 Å². The van der Waals surface area contributed by atoms with Crippen molar-refractivity contribution in [3.63, 3.8) is 0 Å². The average molecular weight is 188 g/mol. The third-order valence-corrected chi connectivity index (χ3v) is 1.36. The van der Waals surface area contributed by atoms with Gasteiger partial charge in [-0.2, -0.15) is 0 Å². The monoisotopic (exact) mass is 188 g/mol. The van der Waals surface area contributed by atoms with E-state index in [0.29, 0.717) is 17.7 Å². The summed E-state index contributed by atoms with van der Waals surface area (Å²) in [5, 5.41) is 0. The van der Waals surface area contributed by atoms with Gasteiger partial charge in [0.05, 0.1) is 12.4 Å². The van der Waals surface area contributed by atoms with Crippen LogP contribution in [0.15, 0.2) is 12.4 Å². The highest BCUT2D eigenvalue weighted by atomic mass is 16.1. The van der Waals surface area contributed by atoms with E-state index in [1.807, 2.05) is 20.8 Å². The number of nitrogens with zero attached hydrogens (tertiary/aromatic N) is 2.